The Morgan fingerprint density at radius 1 is 0.545 bits per heavy atom. The molecule has 0 radical (unpaired) electrons. The fourth-order valence-corrected chi connectivity index (χ4v) is 8.88. The highest BCUT2D eigenvalue weighted by atomic mass is 16.5. The van der Waals surface area contributed by atoms with Crippen molar-refractivity contribution in [2.75, 3.05) is 23.1 Å². The van der Waals surface area contributed by atoms with Crippen molar-refractivity contribution in [1.29, 1.82) is 0 Å². The van der Waals surface area contributed by atoms with Crippen molar-refractivity contribution in [3.05, 3.63) is 119 Å². The first-order valence-electron chi connectivity index (χ1n) is 16.1. The minimum atomic E-state index is -0.483. The molecule has 7 nitrogen and oxygen atoms in total. The van der Waals surface area contributed by atoms with Crippen LogP contribution in [0.1, 0.15) is 62.5 Å². The van der Waals surface area contributed by atoms with E-state index in [0.717, 1.165) is 61.9 Å². The molecule has 3 aliphatic heterocycles. The largest absolute Gasteiger partial charge is 0.454 e. The highest BCUT2D eigenvalue weighted by Gasteiger charge is 2.58. The van der Waals surface area contributed by atoms with E-state index in [1.54, 1.807) is 0 Å². The number of nitrogens with zero attached hydrogens (tertiary/aromatic N) is 6. The van der Waals surface area contributed by atoms with Crippen molar-refractivity contribution >= 4 is 11.4 Å². The predicted octanol–water partition coefficient (Wildman–Crippen LogP) is 7.89. The Kier molecular flexibility index (Phi) is 5.10. The van der Waals surface area contributed by atoms with Gasteiger partial charge < -0.3 is 24.3 Å². The third-order valence-corrected chi connectivity index (χ3v) is 10.6. The van der Waals surface area contributed by atoms with Gasteiger partial charge in [0.15, 0.2) is 5.66 Å². The van der Waals surface area contributed by atoms with E-state index in [2.05, 4.69) is 90.2 Å². The van der Waals surface area contributed by atoms with Gasteiger partial charge in [0.05, 0.1) is 49.5 Å². The minimum absolute atomic E-state index is 0.483. The van der Waals surface area contributed by atoms with E-state index < -0.39 is 5.66 Å². The number of fused-ring (bicyclic) bond motifs is 21. The van der Waals surface area contributed by atoms with Gasteiger partial charge in [-0.25, -0.2) is 0 Å². The number of hydrogen-bond acceptors (Lipinski definition) is 7. The Morgan fingerprint density at radius 3 is 1.50 bits per heavy atom. The lowest BCUT2D eigenvalue weighted by Gasteiger charge is -2.51. The average molecular weight is 579 g/mol. The monoisotopic (exact) mass is 578 g/mol. The van der Waals surface area contributed by atoms with Crippen LogP contribution >= 0.6 is 0 Å². The van der Waals surface area contributed by atoms with E-state index in [9.17, 15) is 0 Å². The zero-order chi connectivity index (χ0) is 28.8. The maximum atomic E-state index is 6.44. The summed E-state index contributed by atoms with van der Waals surface area (Å²) in [6.07, 6.45) is 16.8. The fourth-order valence-electron chi connectivity index (χ4n) is 8.88. The van der Waals surface area contributed by atoms with Gasteiger partial charge in [-0.15, -0.1) is 0 Å². The number of allylic oxidation sites excluding steroid dienone is 4. The van der Waals surface area contributed by atoms with Gasteiger partial charge in [0, 0.05) is 46.0 Å². The molecule has 3 aliphatic carbocycles. The Bertz CT molecular complexity index is 1770. The molecule has 5 heterocycles. The first kappa shape index (κ1) is 24.6. The predicted molar refractivity (Wildman–Crippen MR) is 171 cm³/mol. The number of hydrogen-bond donors (Lipinski definition) is 0. The molecular formula is C37H34N6O. The van der Waals surface area contributed by atoms with Gasteiger partial charge in [-0.1, -0.05) is 48.5 Å². The first-order chi connectivity index (χ1) is 21.8. The molecule has 0 amide bonds. The van der Waals surface area contributed by atoms with Crippen molar-refractivity contribution in [1.82, 2.24) is 19.8 Å². The summed E-state index contributed by atoms with van der Waals surface area (Å²) in [6, 6.07) is 22.6. The summed E-state index contributed by atoms with van der Waals surface area (Å²) >= 11 is 0. The first-order valence-corrected chi connectivity index (χ1v) is 16.1. The topological polar surface area (TPSA) is 48.0 Å². The van der Waals surface area contributed by atoms with Crippen LogP contribution < -0.4 is 14.5 Å². The Labute approximate surface area is 257 Å². The molecule has 44 heavy (non-hydrogen) atoms. The van der Waals surface area contributed by atoms with Crippen LogP contribution in [0.3, 0.4) is 0 Å². The maximum absolute atomic E-state index is 6.44. The molecule has 2 aromatic carbocycles. The van der Waals surface area contributed by atoms with E-state index in [1.807, 2.05) is 24.8 Å². The van der Waals surface area contributed by atoms with Gasteiger partial charge in [0.1, 0.15) is 11.5 Å². The van der Waals surface area contributed by atoms with Gasteiger partial charge in [0.25, 0.3) is 0 Å². The van der Waals surface area contributed by atoms with E-state index in [-0.39, 0.29) is 0 Å². The van der Waals surface area contributed by atoms with Crippen molar-refractivity contribution in [3.8, 4) is 22.6 Å². The van der Waals surface area contributed by atoms with Crippen LogP contribution in [-0.4, -0.2) is 33.1 Å². The minimum Gasteiger partial charge on any atom is -0.454 e. The van der Waals surface area contributed by atoms with Crippen LogP contribution in [0.25, 0.3) is 11.1 Å². The summed E-state index contributed by atoms with van der Waals surface area (Å²) in [7, 11) is 0. The fraction of sp³-hybridized carbons (Fsp3) is 0.297. The molecule has 0 N–H and O–H groups in total. The second-order valence-electron chi connectivity index (χ2n) is 12.8. The SMILES string of the molecule is c1ccc2c(c1)-c1ccccc1C21N2CN(C3=C2CCCC3)c2cncc(c2)Oc2cncc(c2)N2CN1C1=C2CCCC1. The second kappa shape index (κ2) is 9.11. The van der Waals surface area contributed by atoms with Crippen LogP contribution in [0.2, 0.25) is 0 Å². The molecule has 10 rings (SSSR count). The van der Waals surface area contributed by atoms with E-state index in [1.165, 1.54) is 70.7 Å². The zero-order valence-corrected chi connectivity index (χ0v) is 24.7. The highest BCUT2D eigenvalue weighted by Crippen LogP contribution is 2.59. The molecule has 7 heteroatoms. The lowest BCUT2D eigenvalue weighted by atomic mass is 9.89. The molecule has 0 unspecified atom stereocenters. The molecular weight excluding hydrogens is 544 g/mol. The summed E-state index contributed by atoms with van der Waals surface area (Å²) in [6.45, 7) is 1.54. The molecule has 1 spiro atoms. The molecule has 0 fully saturated rings. The third-order valence-electron chi connectivity index (χ3n) is 10.6. The summed E-state index contributed by atoms with van der Waals surface area (Å²) in [4.78, 5) is 19.9. The maximum Gasteiger partial charge on any atom is 0.170 e. The number of pyridine rings is 2. The van der Waals surface area contributed by atoms with Gasteiger partial charge in [-0.3, -0.25) is 9.97 Å². The Balaban J connectivity index is 1.31. The van der Waals surface area contributed by atoms with E-state index in [4.69, 9.17) is 4.74 Å². The van der Waals surface area contributed by atoms with E-state index >= 15 is 0 Å². The number of anilines is 2. The lowest BCUT2D eigenvalue weighted by molar-refractivity contribution is 0.0264. The molecule has 4 aromatic rings. The number of benzene rings is 2. The van der Waals surface area contributed by atoms with Crippen LogP contribution in [0.4, 0.5) is 11.4 Å². The lowest BCUT2D eigenvalue weighted by Crippen LogP contribution is -2.57. The van der Waals surface area contributed by atoms with Crippen molar-refractivity contribution in [3.63, 3.8) is 0 Å². The molecule has 0 saturated heterocycles. The molecule has 218 valence electrons. The third kappa shape index (κ3) is 3.22. The summed E-state index contributed by atoms with van der Waals surface area (Å²) in [5.74, 6) is 1.48. The number of aromatic nitrogens is 2. The van der Waals surface area contributed by atoms with Gasteiger partial charge in [-0.2, -0.15) is 0 Å². The molecule has 6 aliphatic rings. The van der Waals surface area contributed by atoms with Crippen molar-refractivity contribution < 1.29 is 4.74 Å². The average Bonchev–Trinajstić information content (AvgIpc) is 3.74. The van der Waals surface area contributed by atoms with Crippen LogP contribution in [0, 0.1) is 0 Å². The summed E-state index contributed by atoms with van der Waals surface area (Å²) in [5.41, 5.74) is 12.9. The standard InChI is InChI=1S/C37H34N6O/c1-3-11-31-29(9-1)30-10-2-4-12-32(30)37(31)42-23-40(33-13-5-7-15-35(33)42)25-17-27(21-38-19-25)44-28-18-26(20-39-22-28)41-24-43(37)36-16-8-6-14-34(36)41/h1-4,9-12,17-22H,5-8,13-16,23-24H2. The molecule has 2 aromatic heterocycles. The van der Waals surface area contributed by atoms with Crippen LogP contribution in [0.15, 0.2) is 108 Å². The van der Waals surface area contributed by atoms with Crippen molar-refractivity contribution in [2.24, 2.45) is 0 Å². The molecule has 0 saturated carbocycles. The van der Waals surface area contributed by atoms with Gasteiger partial charge in [0.2, 0.25) is 0 Å². The van der Waals surface area contributed by atoms with E-state index in [0.29, 0.717) is 0 Å². The number of rotatable bonds is 0. The van der Waals surface area contributed by atoms with Crippen LogP contribution in [0.5, 0.6) is 11.5 Å². The Morgan fingerprint density at radius 2 is 1.00 bits per heavy atom. The van der Waals surface area contributed by atoms with Gasteiger partial charge >= 0.3 is 0 Å². The summed E-state index contributed by atoms with van der Waals surface area (Å²) < 4.78 is 6.44. The zero-order valence-electron chi connectivity index (χ0n) is 24.7. The molecule has 0 atom stereocenters. The Hall–Kier alpha value is -4.78. The quantitative estimate of drug-likeness (QED) is 0.210. The normalized spacial score (nSPS) is 20.7. The second-order valence-corrected chi connectivity index (χ2v) is 12.8. The number of ether oxygens (including phenoxy) is 1. The van der Waals surface area contributed by atoms with Crippen LogP contribution in [-0.2, 0) is 5.66 Å². The molecule has 8 bridgehead atoms. The smallest absolute Gasteiger partial charge is 0.170 e. The highest BCUT2D eigenvalue weighted by molar-refractivity contribution is 5.81. The van der Waals surface area contributed by atoms with Gasteiger partial charge in [-0.05, 0) is 62.5 Å². The van der Waals surface area contributed by atoms with Crippen molar-refractivity contribution in [2.45, 2.75) is 57.0 Å². The summed E-state index contributed by atoms with van der Waals surface area (Å²) in [5, 5.41) is 0.